The fourth-order valence-corrected chi connectivity index (χ4v) is 3.30. The lowest BCUT2D eigenvalue weighted by Crippen LogP contribution is -2.09. The molecule has 0 amide bonds. The van der Waals surface area contributed by atoms with Gasteiger partial charge in [0.1, 0.15) is 10.8 Å². The molecule has 1 atom stereocenters. The van der Waals surface area contributed by atoms with Crippen LogP contribution in [0.3, 0.4) is 0 Å². The number of thiazole rings is 1. The number of imidazole rings is 1. The van der Waals surface area contributed by atoms with E-state index in [0.717, 1.165) is 21.9 Å². The van der Waals surface area contributed by atoms with Gasteiger partial charge in [0.2, 0.25) is 0 Å². The van der Waals surface area contributed by atoms with Crippen LogP contribution in [0.15, 0.2) is 30.5 Å². The Hall–Kier alpha value is -1.39. The molecule has 0 aliphatic rings. The normalized spacial score (nSPS) is 13.0. The summed E-state index contributed by atoms with van der Waals surface area (Å²) in [5.41, 5.74) is 2.09. The molecule has 1 unspecified atom stereocenters. The molecule has 3 aromatic rings. The molecular formula is C14H14ClN3S. The SMILES string of the molecule is Cc1cnc(C(C)n2c(CCl)nc3ccccc32)s1. The number of benzene rings is 1. The van der Waals surface area contributed by atoms with Crippen molar-refractivity contribution in [3.8, 4) is 0 Å². The van der Waals surface area contributed by atoms with Crippen LogP contribution in [-0.2, 0) is 5.88 Å². The number of aryl methyl sites for hydroxylation is 1. The van der Waals surface area contributed by atoms with Crippen LogP contribution in [-0.4, -0.2) is 14.5 Å². The van der Waals surface area contributed by atoms with Gasteiger partial charge in [-0.1, -0.05) is 12.1 Å². The highest BCUT2D eigenvalue weighted by Gasteiger charge is 2.18. The second kappa shape index (κ2) is 4.94. The van der Waals surface area contributed by atoms with Crippen molar-refractivity contribution in [1.82, 2.24) is 14.5 Å². The number of aromatic nitrogens is 3. The Kier molecular flexibility index (Phi) is 3.29. The van der Waals surface area contributed by atoms with Gasteiger partial charge >= 0.3 is 0 Å². The minimum absolute atomic E-state index is 0.153. The molecule has 3 nitrogen and oxygen atoms in total. The summed E-state index contributed by atoms with van der Waals surface area (Å²) in [4.78, 5) is 10.3. The quantitative estimate of drug-likeness (QED) is 0.679. The summed E-state index contributed by atoms with van der Waals surface area (Å²) in [5, 5.41) is 1.09. The molecule has 1 aromatic carbocycles. The van der Waals surface area contributed by atoms with Gasteiger partial charge in [0, 0.05) is 11.1 Å². The molecule has 98 valence electrons. The molecular weight excluding hydrogens is 278 g/mol. The molecule has 0 aliphatic carbocycles. The highest BCUT2D eigenvalue weighted by atomic mass is 35.5. The molecule has 19 heavy (non-hydrogen) atoms. The molecule has 0 saturated heterocycles. The Labute approximate surface area is 120 Å². The van der Waals surface area contributed by atoms with Crippen LogP contribution in [0.1, 0.15) is 28.7 Å². The maximum atomic E-state index is 6.04. The fourth-order valence-electron chi connectivity index (χ4n) is 2.30. The molecule has 0 bridgehead atoms. The Bertz CT molecular complexity index is 716. The molecule has 2 aromatic heterocycles. The van der Waals surface area contributed by atoms with Crippen molar-refractivity contribution < 1.29 is 0 Å². The van der Waals surface area contributed by atoms with Crippen molar-refractivity contribution >= 4 is 34.0 Å². The van der Waals surface area contributed by atoms with Crippen molar-refractivity contribution in [2.24, 2.45) is 0 Å². The summed E-state index contributed by atoms with van der Waals surface area (Å²) in [6.45, 7) is 4.21. The van der Waals surface area contributed by atoms with Crippen molar-refractivity contribution in [1.29, 1.82) is 0 Å². The van der Waals surface area contributed by atoms with Crippen LogP contribution in [0, 0.1) is 6.92 Å². The van der Waals surface area contributed by atoms with Crippen LogP contribution in [0.4, 0.5) is 0 Å². The molecule has 2 heterocycles. The summed E-state index contributed by atoms with van der Waals surface area (Å²) in [7, 11) is 0. The van der Waals surface area contributed by atoms with Crippen LogP contribution in [0.5, 0.6) is 0 Å². The highest BCUT2D eigenvalue weighted by Crippen LogP contribution is 2.28. The van der Waals surface area contributed by atoms with E-state index in [1.165, 1.54) is 4.88 Å². The van der Waals surface area contributed by atoms with Gasteiger partial charge in [-0.05, 0) is 26.0 Å². The number of halogens is 1. The smallest absolute Gasteiger partial charge is 0.125 e. The predicted molar refractivity (Wildman–Crippen MR) is 80.0 cm³/mol. The van der Waals surface area contributed by atoms with E-state index in [2.05, 4.69) is 34.4 Å². The third kappa shape index (κ3) is 2.15. The van der Waals surface area contributed by atoms with E-state index in [4.69, 9.17) is 11.6 Å². The molecule has 3 rings (SSSR count). The van der Waals surface area contributed by atoms with Crippen molar-refractivity contribution in [3.05, 3.63) is 46.2 Å². The lowest BCUT2D eigenvalue weighted by atomic mass is 10.3. The summed E-state index contributed by atoms with van der Waals surface area (Å²) in [5.74, 6) is 1.30. The first-order chi connectivity index (χ1) is 9.20. The van der Waals surface area contributed by atoms with Crippen molar-refractivity contribution in [2.75, 3.05) is 0 Å². The average molecular weight is 292 g/mol. The van der Waals surface area contributed by atoms with E-state index in [1.54, 1.807) is 11.3 Å². The van der Waals surface area contributed by atoms with Crippen molar-refractivity contribution in [2.45, 2.75) is 25.8 Å². The van der Waals surface area contributed by atoms with E-state index < -0.39 is 0 Å². The van der Waals surface area contributed by atoms with E-state index in [9.17, 15) is 0 Å². The Morgan fingerprint density at radius 2 is 2.16 bits per heavy atom. The van der Waals surface area contributed by atoms with Crippen LogP contribution >= 0.6 is 22.9 Å². The minimum atomic E-state index is 0.153. The zero-order valence-electron chi connectivity index (χ0n) is 10.8. The van der Waals surface area contributed by atoms with Gasteiger partial charge in [-0.25, -0.2) is 9.97 Å². The third-order valence-corrected chi connectivity index (χ3v) is 4.49. The first kappa shape index (κ1) is 12.6. The van der Waals surface area contributed by atoms with Crippen LogP contribution < -0.4 is 0 Å². The molecule has 0 N–H and O–H groups in total. The van der Waals surface area contributed by atoms with Crippen LogP contribution in [0.2, 0.25) is 0 Å². The lowest BCUT2D eigenvalue weighted by molar-refractivity contribution is 0.630. The molecule has 0 aliphatic heterocycles. The third-order valence-electron chi connectivity index (χ3n) is 3.17. The lowest BCUT2D eigenvalue weighted by Gasteiger charge is -2.14. The Balaban J connectivity index is 2.17. The second-order valence-electron chi connectivity index (χ2n) is 4.51. The Morgan fingerprint density at radius 1 is 1.37 bits per heavy atom. The number of rotatable bonds is 3. The first-order valence-corrected chi connectivity index (χ1v) is 7.50. The van der Waals surface area contributed by atoms with Crippen molar-refractivity contribution in [3.63, 3.8) is 0 Å². The number of alkyl halides is 1. The van der Waals surface area contributed by atoms with E-state index in [-0.39, 0.29) is 6.04 Å². The minimum Gasteiger partial charge on any atom is -0.317 e. The molecule has 0 radical (unpaired) electrons. The molecule has 0 spiro atoms. The Morgan fingerprint density at radius 3 is 2.84 bits per heavy atom. The number of para-hydroxylation sites is 2. The second-order valence-corrected chi connectivity index (χ2v) is 6.04. The summed E-state index contributed by atoms with van der Waals surface area (Å²) >= 11 is 7.76. The van der Waals surface area contributed by atoms with Gasteiger partial charge < -0.3 is 4.57 Å². The monoisotopic (exact) mass is 291 g/mol. The van der Waals surface area contributed by atoms with E-state index in [0.29, 0.717) is 5.88 Å². The summed E-state index contributed by atoms with van der Waals surface area (Å²) in [6, 6.07) is 8.27. The number of hydrogen-bond donors (Lipinski definition) is 0. The molecule has 5 heteroatoms. The van der Waals surface area contributed by atoms with Gasteiger partial charge in [-0.3, -0.25) is 0 Å². The van der Waals surface area contributed by atoms with Gasteiger partial charge in [0.05, 0.1) is 23.0 Å². The van der Waals surface area contributed by atoms with E-state index >= 15 is 0 Å². The standard InChI is InChI=1S/C14H14ClN3S/c1-9-8-16-14(19-9)10(2)18-12-6-4-3-5-11(12)17-13(18)7-15/h3-6,8,10H,7H2,1-2H3. The topological polar surface area (TPSA) is 30.7 Å². The first-order valence-electron chi connectivity index (χ1n) is 6.15. The summed E-state index contributed by atoms with van der Waals surface area (Å²) < 4.78 is 2.18. The van der Waals surface area contributed by atoms with Gasteiger partial charge in [0.25, 0.3) is 0 Å². The molecule has 0 saturated carbocycles. The maximum absolute atomic E-state index is 6.04. The fraction of sp³-hybridized carbons (Fsp3) is 0.286. The highest BCUT2D eigenvalue weighted by molar-refractivity contribution is 7.11. The number of hydrogen-bond acceptors (Lipinski definition) is 3. The summed E-state index contributed by atoms with van der Waals surface area (Å²) in [6.07, 6.45) is 1.91. The zero-order chi connectivity index (χ0) is 13.4. The number of fused-ring (bicyclic) bond motifs is 1. The maximum Gasteiger partial charge on any atom is 0.125 e. The van der Waals surface area contributed by atoms with Crippen LogP contribution in [0.25, 0.3) is 11.0 Å². The van der Waals surface area contributed by atoms with Gasteiger partial charge in [-0.2, -0.15) is 0 Å². The van der Waals surface area contributed by atoms with E-state index in [1.807, 2.05) is 24.4 Å². The predicted octanol–water partition coefficient (Wildman–Crippen LogP) is 4.15. The average Bonchev–Trinajstić information content (AvgIpc) is 3.01. The van der Waals surface area contributed by atoms with Gasteiger partial charge in [-0.15, -0.1) is 22.9 Å². The number of nitrogens with zero attached hydrogens (tertiary/aromatic N) is 3. The largest absolute Gasteiger partial charge is 0.317 e. The zero-order valence-corrected chi connectivity index (χ0v) is 12.4. The molecule has 0 fully saturated rings. The van der Waals surface area contributed by atoms with Gasteiger partial charge in [0.15, 0.2) is 0 Å².